The highest BCUT2D eigenvalue weighted by molar-refractivity contribution is 5.95. The molecule has 172 valence electrons. The Morgan fingerprint density at radius 1 is 1.16 bits per heavy atom. The first-order valence-corrected chi connectivity index (χ1v) is 10.5. The van der Waals surface area contributed by atoms with E-state index in [9.17, 15) is 18.0 Å². The number of amides is 1. The van der Waals surface area contributed by atoms with E-state index in [4.69, 9.17) is 4.74 Å². The molecule has 6 nitrogen and oxygen atoms in total. The highest BCUT2D eigenvalue weighted by Crippen LogP contribution is 2.34. The van der Waals surface area contributed by atoms with E-state index in [1.807, 2.05) is 0 Å². The number of methoxy groups -OCH3 is 1. The Hall–Kier alpha value is -3.07. The molecule has 0 spiro atoms. The summed E-state index contributed by atoms with van der Waals surface area (Å²) >= 11 is 0. The van der Waals surface area contributed by atoms with Crippen molar-refractivity contribution in [2.75, 3.05) is 33.3 Å². The molecule has 0 saturated heterocycles. The summed E-state index contributed by atoms with van der Waals surface area (Å²) in [7, 11) is 1.47. The maximum atomic E-state index is 13.0. The van der Waals surface area contributed by atoms with Crippen molar-refractivity contribution in [1.29, 1.82) is 0 Å². The van der Waals surface area contributed by atoms with Crippen molar-refractivity contribution in [3.05, 3.63) is 47.5 Å². The van der Waals surface area contributed by atoms with E-state index in [0.717, 1.165) is 38.2 Å². The molecule has 0 unspecified atom stereocenters. The summed E-state index contributed by atoms with van der Waals surface area (Å²) in [6, 6.07) is 8.27. The van der Waals surface area contributed by atoms with Crippen molar-refractivity contribution < 1.29 is 22.7 Å². The molecule has 0 aliphatic carbocycles. The smallest absolute Gasteiger partial charge is 0.416 e. The van der Waals surface area contributed by atoms with Gasteiger partial charge in [0, 0.05) is 12.1 Å². The maximum absolute atomic E-state index is 13.0. The lowest BCUT2D eigenvalue weighted by Gasteiger charge is -2.17. The SMILES string of the molecule is CCN(CC)CCCNC(=O)c1ccc(-c2nc3ccc(C(F)(F)F)cc3[nH]2)c(OC)c1. The average molecular weight is 448 g/mol. The van der Waals surface area contributed by atoms with E-state index in [1.54, 1.807) is 18.2 Å². The number of carbonyl (C=O) groups is 1. The Balaban J connectivity index is 1.76. The van der Waals surface area contributed by atoms with E-state index in [0.29, 0.717) is 34.8 Å². The van der Waals surface area contributed by atoms with Crippen LogP contribution in [0, 0.1) is 0 Å². The van der Waals surface area contributed by atoms with Crippen LogP contribution in [0.3, 0.4) is 0 Å². The predicted octanol–water partition coefficient (Wildman–Crippen LogP) is 4.72. The van der Waals surface area contributed by atoms with E-state index in [1.165, 1.54) is 13.2 Å². The normalized spacial score (nSPS) is 11.8. The summed E-state index contributed by atoms with van der Waals surface area (Å²) in [5.41, 5.74) is 0.913. The molecule has 2 aromatic carbocycles. The highest BCUT2D eigenvalue weighted by atomic mass is 19.4. The van der Waals surface area contributed by atoms with Crippen molar-refractivity contribution in [2.24, 2.45) is 0 Å². The van der Waals surface area contributed by atoms with Gasteiger partial charge in [-0.2, -0.15) is 13.2 Å². The zero-order chi connectivity index (χ0) is 23.3. The molecule has 0 aliphatic rings. The number of imidazole rings is 1. The number of nitrogens with zero attached hydrogens (tertiary/aromatic N) is 2. The third kappa shape index (κ3) is 5.40. The van der Waals surface area contributed by atoms with Crippen LogP contribution < -0.4 is 10.1 Å². The zero-order valence-electron chi connectivity index (χ0n) is 18.3. The molecular formula is C23H27F3N4O2. The largest absolute Gasteiger partial charge is 0.496 e. The summed E-state index contributed by atoms with van der Waals surface area (Å²) in [5, 5.41) is 2.90. The predicted molar refractivity (Wildman–Crippen MR) is 118 cm³/mol. The van der Waals surface area contributed by atoms with Gasteiger partial charge in [-0.15, -0.1) is 0 Å². The third-order valence-corrected chi connectivity index (χ3v) is 5.36. The number of hydrogen-bond acceptors (Lipinski definition) is 4. The molecule has 3 rings (SSSR count). The lowest BCUT2D eigenvalue weighted by Crippen LogP contribution is -2.29. The Labute approximate surface area is 184 Å². The van der Waals surface area contributed by atoms with Crippen LogP contribution in [0.1, 0.15) is 36.2 Å². The van der Waals surface area contributed by atoms with Crippen molar-refractivity contribution in [2.45, 2.75) is 26.4 Å². The van der Waals surface area contributed by atoms with Gasteiger partial charge in [-0.05, 0) is 62.5 Å². The quantitative estimate of drug-likeness (QED) is 0.465. The van der Waals surface area contributed by atoms with Gasteiger partial charge in [-0.25, -0.2) is 4.98 Å². The van der Waals surface area contributed by atoms with Gasteiger partial charge in [0.1, 0.15) is 11.6 Å². The van der Waals surface area contributed by atoms with Gasteiger partial charge >= 0.3 is 6.18 Å². The van der Waals surface area contributed by atoms with Gasteiger partial charge in [-0.1, -0.05) is 13.8 Å². The first-order valence-electron chi connectivity index (χ1n) is 10.5. The number of aromatic amines is 1. The van der Waals surface area contributed by atoms with E-state index in [-0.39, 0.29) is 11.4 Å². The maximum Gasteiger partial charge on any atom is 0.416 e. The monoisotopic (exact) mass is 448 g/mol. The zero-order valence-corrected chi connectivity index (χ0v) is 18.3. The standard InChI is InChI=1S/C23H27F3N4O2/c1-4-30(5-2)12-6-11-27-22(31)15-7-9-17(20(13-15)32-3)21-28-18-10-8-16(23(24,25)26)14-19(18)29-21/h7-10,13-14H,4-6,11-12H2,1-3H3,(H,27,31)(H,28,29). The molecule has 0 saturated carbocycles. The summed E-state index contributed by atoms with van der Waals surface area (Å²) in [4.78, 5) is 22.1. The Morgan fingerprint density at radius 2 is 1.91 bits per heavy atom. The Bertz CT molecular complexity index is 1070. The number of aromatic nitrogens is 2. The van der Waals surface area contributed by atoms with Gasteiger partial charge in [0.25, 0.3) is 5.91 Å². The van der Waals surface area contributed by atoms with Gasteiger partial charge < -0.3 is 19.9 Å². The number of alkyl halides is 3. The molecule has 0 aliphatic heterocycles. The fraction of sp³-hybridized carbons (Fsp3) is 0.391. The third-order valence-electron chi connectivity index (χ3n) is 5.36. The van der Waals surface area contributed by atoms with Gasteiger partial charge in [0.2, 0.25) is 0 Å². The number of rotatable bonds is 9. The molecule has 0 atom stereocenters. The molecule has 1 aromatic heterocycles. The molecule has 0 fully saturated rings. The van der Waals surface area contributed by atoms with Crippen molar-refractivity contribution in [1.82, 2.24) is 20.2 Å². The van der Waals surface area contributed by atoms with Gasteiger partial charge in [-0.3, -0.25) is 4.79 Å². The van der Waals surface area contributed by atoms with Gasteiger partial charge in [0.15, 0.2) is 0 Å². The molecule has 0 bridgehead atoms. The minimum Gasteiger partial charge on any atom is -0.496 e. The first-order chi connectivity index (χ1) is 15.3. The number of fused-ring (bicyclic) bond motifs is 1. The highest BCUT2D eigenvalue weighted by Gasteiger charge is 2.30. The van der Waals surface area contributed by atoms with Crippen LogP contribution in [0.4, 0.5) is 13.2 Å². The molecule has 32 heavy (non-hydrogen) atoms. The van der Waals surface area contributed by atoms with Crippen LogP contribution in [0.25, 0.3) is 22.4 Å². The summed E-state index contributed by atoms with van der Waals surface area (Å²) in [6.45, 7) is 7.63. The lowest BCUT2D eigenvalue weighted by atomic mass is 10.1. The molecular weight excluding hydrogens is 421 g/mol. The number of benzene rings is 2. The fourth-order valence-electron chi connectivity index (χ4n) is 3.49. The van der Waals surface area contributed by atoms with Gasteiger partial charge in [0.05, 0.1) is 29.3 Å². The van der Waals surface area contributed by atoms with E-state index < -0.39 is 11.7 Å². The Morgan fingerprint density at radius 3 is 2.56 bits per heavy atom. The fourth-order valence-corrected chi connectivity index (χ4v) is 3.49. The first kappa shape index (κ1) is 23.6. The summed E-state index contributed by atoms with van der Waals surface area (Å²) < 4.78 is 44.4. The van der Waals surface area contributed by atoms with Crippen molar-refractivity contribution >= 4 is 16.9 Å². The minimum absolute atomic E-state index is 0.214. The van der Waals surface area contributed by atoms with Crippen LogP contribution in [0.5, 0.6) is 5.75 Å². The number of carbonyl (C=O) groups excluding carboxylic acids is 1. The second kappa shape index (κ2) is 10.0. The van der Waals surface area contributed by atoms with E-state index >= 15 is 0 Å². The lowest BCUT2D eigenvalue weighted by molar-refractivity contribution is -0.137. The second-order valence-corrected chi connectivity index (χ2v) is 7.37. The van der Waals surface area contributed by atoms with Crippen molar-refractivity contribution in [3.63, 3.8) is 0 Å². The molecule has 0 radical (unpaired) electrons. The number of halogens is 3. The van der Waals surface area contributed by atoms with Crippen LogP contribution >= 0.6 is 0 Å². The van der Waals surface area contributed by atoms with Crippen LogP contribution in [0.15, 0.2) is 36.4 Å². The second-order valence-electron chi connectivity index (χ2n) is 7.37. The van der Waals surface area contributed by atoms with Crippen LogP contribution in [-0.2, 0) is 6.18 Å². The molecule has 9 heteroatoms. The average Bonchev–Trinajstić information content (AvgIpc) is 3.21. The number of ether oxygens (including phenoxy) is 1. The molecule has 2 N–H and O–H groups in total. The van der Waals surface area contributed by atoms with E-state index in [2.05, 4.69) is 34.0 Å². The summed E-state index contributed by atoms with van der Waals surface area (Å²) in [6.07, 6.45) is -3.58. The summed E-state index contributed by atoms with van der Waals surface area (Å²) in [5.74, 6) is 0.548. The van der Waals surface area contributed by atoms with Crippen molar-refractivity contribution in [3.8, 4) is 17.1 Å². The number of hydrogen-bond donors (Lipinski definition) is 2. The molecule has 1 amide bonds. The minimum atomic E-state index is -4.43. The molecule has 3 aromatic rings. The number of H-pyrrole nitrogens is 1. The van der Waals surface area contributed by atoms with Crippen LogP contribution in [-0.4, -0.2) is 54.1 Å². The number of nitrogens with one attached hydrogen (secondary N) is 2. The molecule has 1 heterocycles. The Kier molecular flexibility index (Phi) is 7.40. The van der Waals surface area contributed by atoms with Crippen LogP contribution in [0.2, 0.25) is 0 Å². The topological polar surface area (TPSA) is 70.2 Å².